The third-order valence-electron chi connectivity index (χ3n) is 4.71. The topological polar surface area (TPSA) is 113 Å². The molecular formula is C23H23N3O3S. The Morgan fingerprint density at radius 2 is 1.50 bits per heavy atom. The van der Waals surface area contributed by atoms with Gasteiger partial charge in [0.1, 0.15) is 5.84 Å². The highest BCUT2D eigenvalue weighted by molar-refractivity contribution is 7.89. The van der Waals surface area contributed by atoms with Crippen molar-refractivity contribution in [2.24, 2.45) is 5.73 Å². The number of rotatable bonds is 8. The molecule has 6 nitrogen and oxygen atoms in total. The van der Waals surface area contributed by atoms with E-state index in [4.69, 9.17) is 11.1 Å². The summed E-state index contributed by atoms with van der Waals surface area (Å²) in [7, 11) is -3.90. The Balaban J connectivity index is 1.92. The molecule has 0 amide bonds. The third-order valence-corrected chi connectivity index (χ3v) is 6.20. The zero-order valence-electron chi connectivity index (χ0n) is 16.5. The van der Waals surface area contributed by atoms with Gasteiger partial charge in [0.15, 0.2) is 5.78 Å². The highest BCUT2D eigenvalue weighted by atomic mass is 32.2. The maximum atomic E-state index is 13.2. The van der Waals surface area contributed by atoms with Crippen LogP contribution in [0.15, 0.2) is 83.8 Å². The number of hydrogen-bond acceptors (Lipinski definition) is 4. The smallest absolute Gasteiger partial charge is 0.241 e. The van der Waals surface area contributed by atoms with Crippen LogP contribution in [0.4, 0.5) is 0 Å². The van der Waals surface area contributed by atoms with Crippen LogP contribution < -0.4 is 10.5 Å². The molecule has 0 saturated carbocycles. The molecule has 3 aromatic carbocycles. The van der Waals surface area contributed by atoms with Crippen LogP contribution in [-0.2, 0) is 16.4 Å². The number of ketones is 1. The lowest BCUT2D eigenvalue weighted by Gasteiger charge is -2.18. The summed E-state index contributed by atoms with van der Waals surface area (Å²) in [5.41, 5.74) is 8.08. The van der Waals surface area contributed by atoms with Crippen LogP contribution in [0.5, 0.6) is 0 Å². The Kier molecular flexibility index (Phi) is 6.44. The summed E-state index contributed by atoms with van der Waals surface area (Å²) < 4.78 is 28.4. The van der Waals surface area contributed by atoms with Gasteiger partial charge in [0.05, 0.1) is 10.9 Å². The van der Waals surface area contributed by atoms with Gasteiger partial charge in [-0.25, -0.2) is 8.42 Å². The van der Waals surface area contributed by atoms with Gasteiger partial charge in [-0.15, -0.1) is 0 Å². The van der Waals surface area contributed by atoms with Crippen LogP contribution in [0.3, 0.4) is 0 Å². The van der Waals surface area contributed by atoms with Crippen LogP contribution in [0.2, 0.25) is 0 Å². The Labute approximate surface area is 176 Å². The minimum absolute atomic E-state index is 0.102. The van der Waals surface area contributed by atoms with Crippen LogP contribution in [0, 0.1) is 12.3 Å². The first-order valence-electron chi connectivity index (χ1n) is 9.38. The number of nitrogens with two attached hydrogens (primary N) is 1. The first kappa shape index (κ1) is 21.4. The maximum Gasteiger partial charge on any atom is 0.241 e. The molecule has 3 rings (SSSR count). The van der Waals surface area contributed by atoms with Crippen LogP contribution in [-0.4, -0.2) is 26.1 Å². The van der Waals surface area contributed by atoms with Crippen molar-refractivity contribution in [2.75, 3.05) is 0 Å². The monoisotopic (exact) mass is 421 g/mol. The minimum Gasteiger partial charge on any atom is -0.384 e. The second-order valence-electron chi connectivity index (χ2n) is 7.03. The first-order valence-corrected chi connectivity index (χ1v) is 10.9. The molecule has 0 spiro atoms. The van der Waals surface area contributed by atoms with Crippen molar-refractivity contribution in [1.29, 1.82) is 5.41 Å². The van der Waals surface area contributed by atoms with Gasteiger partial charge in [0.2, 0.25) is 10.0 Å². The fraction of sp³-hybridized carbons (Fsp3) is 0.130. The molecule has 0 aliphatic heterocycles. The number of amidine groups is 1. The fourth-order valence-electron chi connectivity index (χ4n) is 3.03. The normalized spacial score (nSPS) is 12.3. The lowest BCUT2D eigenvalue weighted by molar-refractivity contribution is 0.0953. The number of hydrogen-bond donors (Lipinski definition) is 3. The minimum atomic E-state index is -3.90. The van der Waals surface area contributed by atoms with E-state index < -0.39 is 16.1 Å². The molecule has 30 heavy (non-hydrogen) atoms. The van der Waals surface area contributed by atoms with Crippen molar-refractivity contribution in [1.82, 2.24) is 4.72 Å². The van der Waals surface area contributed by atoms with E-state index in [0.29, 0.717) is 11.1 Å². The van der Waals surface area contributed by atoms with Crippen molar-refractivity contribution in [3.8, 4) is 0 Å². The molecule has 0 saturated heterocycles. The summed E-state index contributed by atoms with van der Waals surface area (Å²) in [5.74, 6) is -0.459. The summed E-state index contributed by atoms with van der Waals surface area (Å²) in [6.45, 7) is 1.87. The number of sulfonamides is 1. The predicted molar refractivity (Wildman–Crippen MR) is 117 cm³/mol. The predicted octanol–water partition coefficient (Wildman–Crippen LogP) is 3.05. The van der Waals surface area contributed by atoms with Crippen LogP contribution >= 0.6 is 0 Å². The average molecular weight is 422 g/mol. The average Bonchev–Trinajstić information content (AvgIpc) is 2.74. The van der Waals surface area contributed by atoms with Gasteiger partial charge in [-0.2, -0.15) is 4.72 Å². The quantitative estimate of drug-likeness (QED) is 0.295. The van der Waals surface area contributed by atoms with E-state index in [9.17, 15) is 13.2 Å². The molecule has 3 aromatic rings. The van der Waals surface area contributed by atoms with Crippen LogP contribution in [0.25, 0.3) is 0 Å². The number of nitrogens with one attached hydrogen (secondary N) is 2. The van der Waals surface area contributed by atoms with Crippen molar-refractivity contribution < 1.29 is 13.2 Å². The standard InChI is InChI=1S/C23H23N3O3S/c1-16-7-13-20(14-8-16)30(28,29)26-21(15-17-5-3-2-4-6-17)22(27)18-9-11-19(12-10-18)23(24)25/h2-14,21,26H,15H2,1H3,(H3,24,25). The zero-order chi connectivity index (χ0) is 21.7. The van der Waals surface area contributed by atoms with Crippen molar-refractivity contribution in [2.45, 2.75) is 24.3 Å². The van der Waals surface area contributed by atoms with E-state index in [-0.39, 0.29) is 22.9 Å². The molecule has 4 N–H and O–H groups in total. The summed E-state index contributed by atoms with van der Waals surface area (Å²) in [5, 5.41) is 7.48. The van der Waals surface area contributed by atoms with Gasteiger partial charge in [-0.3, -0.25) is 10.2 Å². The summed E-state index contributed by atoms with van der Waals surface area (Å²) in [6.07, 6.45) is 0.208. The van der Waals surface area contributed by atoms with Gasteiger partial charge >= 0.3 is 0 Å². The Hall–Kier alpha value is -3.29. The maximum absolute atomic E-state index is 13.2. The van der Waals surface area contributed by atoms with Gasteiger partial charge in [0.25, 0.3) is 0 Å². The molecular weight excluding hydrogens is 398 g/mol. The second-order valence-corrected chi connectivity index (χ2v) is 8.75. The second kappa shape index (κ2) is 9.02. The number of carbonyl (C=O) groups excluding carboxylic acids is 1. The first-order chi connectivity index (χ1) is 14.3. The highest BCUT2D eigenvalue weighted by Gasteiger charge is 2.27. The lowest BCUT2D eigenvalue weighted by atomic mass is 9.97. The molecule has 0 heterocycles. The number of Topliss-reactive ketones (excluding diaryl/α,β-unsaturated/α-hetero) is 1. The van der Waals surface area contributed by atoms with E-state index >= 15 is 0 Å². The van der Waals surface area contributed by atoms with Crippen molar-refractivity contribution >= 4 is 21.6 Å². The van der Waals surface area contributed by atoms with E-state index in [1.165, 1.54) is 12.1 Å². The van der Waals surface area contributed by atoms with Gasteiger partial charge < -0.3 is 5.73 Å². The van der Waals surface area contributed by atoms with Gasteiger partial charge in [-0.1, -0.05) is 72.3 Å². The third kappa shape index (κ3) is 5.20. The van der Waals surface area contributed by atoms with Crippen LogP contribution in [0.1, 0.15) is 27.0 Å². The molecule has 0 aromatic heterocycles. The summed E-state index contributed by atoms with van der Waals surface area (Å²) in [4.78, 5) is 13.3. The van der Waals surface area contributed by atoms with E-state index in [0.717, 1.165) is 11.1 Å². The number of carbonyl (C=O) groups is 1. The fourth-order valence-corrected chi connectivity index (χ4v) is 4.22. The lowest BCUT2D eigenvalue weighted by Crippen LogP contribution is -2.42. The molecule has 0 fully saturated rings. The van der Waals surface area contributed by atoms with Gasteiger partial charge in [0, 0.05) is 11.1 Å². The number of benzene rings is 3. The summed E-state index contributed by atoms with van der Waals surface area (Å²) in [6, 6.07) is 21.0. The largest absolute Gasteiger partial charge is 0.384 e. The van der Waals surface area contributed by atoms with Crippen molar-refractivity contribution in [3.63, 3.8) is 0 Å². The molecule has 0 aliphatic carbocycles. The van der Waals surface area contributed by atoms with Crippen molar-refractivity contribution in [3.05, 3.63) is 101 Å². The Bertz CT molecular complexity index is 1140. The van der Waals surface area contributed by atoms with E-state index in [1.807, 2.05) is 37.3 Å². The molecule has 7 heteroatoms. The van der Waals surface area contributed by atoms with E-state index in [2.05, 4.69) is 4.72 Å². The Morgan fingerprint density at radius 1 is 0.933 bits per heavy atom. The SMILES string of the molecule is Cc1ccc(S(=O)(=O)NC(Cc2ccccc2)C(=O)c2ccc(C(=N)N)cc2)cc1. The molecule has 1 unspecified atom stereocenters. The molecule has 1 atom stereocenters. The molecule has 154 valence electrons. The molecule has 0 aliphatic rings. The Morgan fingerprint density at radius 3 is 2.07 bits per heavy atom. The molecule has 0 bridgehead atoms. The highest BCUT2D eigenvalue weighted by Crippen LogP contribution is 2.16. The van der Waals surface area contributed by atoms with E-state index in [1.54, 1.807) is 36.4 Å². The van der Waals surface area contributed by atoms with Gasteiger partial charge in [-0.05, 0) is 31.0 Å². The number of aryl methyl sites for hydroxylation is 1. The number of nitrogen functional groups attached to an aromatic ring is 1. The summed E-state index contributed by atoms with van der Waals surface area (Å²) >= 11 is 0. The molecule has 0 radical (unpaired) electrons. The zero-order valence-corrected chi connectivity index (χ0v) is 17.3.